The zero-order valence-electron chi connectivity index (χ0n) is 17.0. The molecule has 0 fully saturated rings. The number of fused-ring (bicyclic) bond motifs is 2. The van der Waals surface area contributed by atoms with Crippen LogP contribution in [0.25, 0.3) is 10.9 Å². The van der Waals surface area contributed by atoms with Gasteiger partial charge in [0.15, 0.2) is 11.5 Å². The Labute approximate surface area is 170 Å². The zero-order chi connectivity index (χ0) is 20.4. The second-order valence-electron chi connectivity index (χ2n) is 7.21. The number of nitrogens with one attached hydrogen (secondary N) is 1. The van der Waals surface area contributed by atoms with Crippen molar-refractivity contribution >= 4 is 16.8 Å². The fourth-order valence-corrected chi connectivity index (χ4v) is 4.13. The molecule has 1 aromatic heterocycles. The Morgan fingerprint density at radius 1 is 1.14 bits per heavy atom. The van der Waals surface area contributed by atoms with E-state index in [4.69, 9.17) is 14.2 Å². The number of aryl methyl sites for hydroxylation is 1. The molecule has 0 spiro atoms. The van der Waals surface area contributed by atoms with Crippen LogP contribution in [0.3, 0.4) is 0 Å². The van der Waals surface area contributed by atoms with E-state index in [2.05, 4.69) is 9.88 Å². The molecule has 1 aliphatic rings. The largest absolute Gasteiger partial charge is 0.493 e. The van der Waals surface area contributed by atoms with Gasteiger partial charge in [-0.25, -0.2) is 0 Å². The number of hydrogen-bond donors (Lipinski definition) is 1. The minimum absolute atomic E-state index is 0.0388. The molecule has 29 heavy (non-hydrogen) atoms. The molecule has 1 aliphatic carbocycles. The van der Waals surface area contributed by atoms with Gasteiger partial charge >= 0.3 is 0 Å². The Morgan fingerprint density at radius 3 is 2.69 bits per heavy atom. The summed E-state index contributed by atoms with van der Waals surface area (Å²) in [5.41, 5.74) is 4.01. The molecule has 152 valence electrons. The van der Waals surface area contributed by atoms with Crippen LogP contribution in [0.4, 0.5) is 0 Å². The van der Waals surface area contributed by atoms with Gasteiger partial charge in [-0.05, 0) is 54.3 Å². The van der Waals surface area contributed by atoms with Crippen LogP contribution >= 0.6 is 0 Å². The number of benzene rings is 2. The highest BCUT2D eigenvalue weighted by molar-refractivity contribution is 6.06. The summed E-state index contributed by atoms with van der Waals surface area (Å²) in [6.07, 6.45) is 3.77. The number of hydrogen-bond acceptors (Lipinski definition) is 4. The van der Waals surface area contributed by atoms with Crippen molar-refractivity contribution < 1.29 is 19.0 Å². The second kappa shape index (κ2) is 8.17. The first kappa shape index (κ1) is 19.3. The summed E-state index contributed by atoms with van der Waals surface area (Å²) in [7, 11) is 4.95. The topological polar surface area (TPSA) is 61.7 Å². The van der Waals surface area contributed by atoms with E-state index >= 15 is 0 Å². The van der Waals surface area contributed by atoms with E-state index in [9.17, 15) is 4.79 Å². The lowest BCUT2D eigenvalue weighted by Crippen LogP contribution is -2.27. The van der Waals surface area contributed by atoms with Crippen molar-refractivity contribution in [2.75, 3.05) is 27.9 Å². The minimum Gasteiger partial charge on any atom is -0.493 e. The van der Waals surface area contributed by atoms with Crippen molar-refractivity contribution in [3.8, 4) is 11.5 Å². The molecular weight excluding hydrogens is 368 g/mol. The number of nitrogens with zero attached hydrogens (tertiary/aromatic N) is 1. The molecule has 0 aliphatic heterocycles. The Balaban J connectivity index is 1.59. The van der Waals surface area contributed by atoms with Crippen LogP contribution in [-0.2, 0) is 17.7 Å². The fourth-order valence-electron chi connectivity index (χ4n) is 4.13. The van der Waals surface area contributed by atoms with Crippen LogP contribution in [0.2, 0.25) is 0 Å². The van der Waals surface area contributed by atoms with Gasteiger partial charge in [0.1, 0.15) is 0 Å². The highest BCUT2D eigenvalue weighted by Gasteiger charge is 2.27. The van der Waals surface area contributed by atoms with Crippen molar-refractivity contribution in [2.45, 2.75) is 25.4 Å². The minimum atomic E-state index is -0.0623. The Kier molecular flexibility index (Phi) is 5.45. The lowest BCUT2D eigenvalue weighted by atomic mass is 10.1. The molecule has 1 N–H and O–H groups in total. The van der Waals surface area contributed by atoms with Crippen molar-refractivity contribution in [3.05, 3.63) is 59.3 Å². The standard InChI is InChI=1S/C23H26N2O4/c1-27-12-11-25-10-9-16-17(5-4-6-20(16)25)23(26)24-19-8-7-15-13-21(28-2)22(29-3)14-18(15)19/h4-6,9-10,13-14,19H,7-8,11-12H2,1-3H3,(H,24,26). The van der Waals surface area contributed by atoms with Crippen molar-refractivity contribution in [3.63, 3.8) is 0 Å². The average Bonchev–Trinajstić information content (AvgIpc) is 3.34. The molecule has 2 aromatic carbocycles. The van der Waals surface area contributed by atoms with E-state index in [0.29, 0.717) is 17.9 Å². The molecule has 1 heterocycles. The first-order valence-electron chi connectivity index (χ1n) is 9.78. The lowest BCUT2D eigenvalue weighted by molar-refractivity contribution is 0.0938. The number of aromatic nitrogens is 1. The van der Waals surface area contributed by atoms with Gasteiger partial charge < -0.3 is 24.1 Å². The Bertz CT molecular complexity index is 1040. The summed E-state index contributed by atoms with van der Waals surface area (Å²) >= 11 is 0. The number of carbonyl (C=O) groups is 1. The third-order valence-corrected chi connectivity index (χ3v) is 5.62. The normalized spacial score (nSPS) is 15.3. The number of ether oxygens (including phenoxy) is 3. The molecule has 1 amide bonds. The quantitative estimate of drug-likeness (QED) is 0.663. The van der Waals surface area contributed by atoms with Crippen molar-refractivity contribution in [1.82, 2.24) is 9.88 Å². The third kappa shape index (κ3) is 3.56. The average molecular weight is 394 g/mol. The molecule has 0 saturated carbocycles. The molecule has 1 unspecified atom stereocenters. The van der Waals surface area contributed by atoms with Gasteiger partial charge in [-0.15, -0.1) is 0 Å². The predicted octanol–water partition coefficient (Wildman–Crippen LogP) is 3.72. The van der Waals surface area contributed by atoms with Crippen LogP contribution in [0.1, 0.15) is 33.9 Å². The molecule has 3 aromatic rings. The summed E-state index contributed by atoms with van der Waals surface area (Å²) in [5, 5.41) is 4.17. The summed E-state index contributed by atoms with van der Waals surface area (Å²) in [5.74, 6) is 1.35. The van der Waals surface area contributed by atoms with Crippen LogP contribution in [-0.4, -0.2) is 38.4 Å². The number of carbonyl (C=O) groups excluding carboxylic acids is 1. The van der Waals surface area contributed by atoms with Crippen molar-refractivity contribution in [2.24, 2.45) is 0 Å². The SMILES string of the molecule is COCCn1ccc2c(C(=O)NC3CCc4cc(OC)c(OC)cc43)cccc21. The van der Waals surface area contributed by atoms with Crippen LogP contribution in [0.5, 0.6) is 11.5 Å². The van der Waals surface area contributed by atoms with Gasteiger partial charge in [-0.2, -0.15) is 0 Å². The van der Waals surface area contributed by atoms with Crippen molar-refractivity contribution in [1.29, 1.82) is 0 Å². The molecule has 0 bridgehead atoms. The maximum absolute atomic E-state index is 13.1. The van der Waals surface area contributed by atoms with Gasteiger partial charge in [0.2, 0.25) is 0 Å². The summed E-state index contributed by atoms with van der Waals surface area (Å²) in [6, 6.07) is 11.8. The zero-order valence-corrected chi connectivity index (χ0v) is 17.0. The first-order chi connectivity index (χ1) is 14.2. The van der Waals surface area contributed by atoms with E-state index in [1.54, 1.807) is 21.3 Å². The molecular formula is C23H26N2O4. The summed E-state index contributed by atoms with van der Waals surface area (Å²) in [4.78, 5) is 13.1. The number of amides is 1. The van der Waals surface area contributed by atoms with E-state index < -0.39 is 0 Å². The summed E-state index contributed by atoms with van der Waals surface area (Å²) in [6.45, 7) is 1.38. The van der Waals surface area contributed by atoms with Gasteiger partial charge in [0.05, 0.1) is 26.9 Å². The van der Waals surface area contributed by atoms with Gasteiger partial charge in [-0.1, -0.05) is 6.07 Å². The highest BCUT2D eigenvalue weighted by Crippen LogP contribution is 2.39. The van der Waals surface area contributed by atoms with E-state index in [0.717, 1.165) is 41.6 Å². The fraction of sp³-hybridized carbons (Fsp3) is 0.348. The maximum Gasteiger partial charge on any atom is 0.252 e. The summed E-state index contributed by atoms with van der Waals surface area (Å²) < 4.78 is 18.1. The molecule has 6 heteroatoms. The molecule has 6 nitrogen and oxygen atoms in total. The predicted molar refractivity (Wildman–Crippen MR) is 112 cm³/mol. The third-order valence-electron chi connectivity index (χ3n) is 5.62. The maximum atomic E-state index is 13.1. The van der Waals surface area contributed by atoms with Gasteiger partial charge in [-0.3, -0.25) is 4.79 Å². The molecule has 1 atom stereocenters. The first-order valence-corrected chi connectivity index (χ1v) is 9.78. The molecule has 0 saturated heterocycles. The van der Waals surface area contributed by atoms with Gasteiger partial charge in [0, 0.05) is 36.3 Å². The molecule has 0 radical (unpaired) electrons. The van der Waals surface area contributed by atoms with Crippen LogP contribution in [0.15, 0.2) is 42.6 Å². The Hall–Kier alpha value is -2.99. The van der Waals surface area contributed by atoms with E-state index in [1.807, 2.05) is 42.6 Å². The van der Waals surface area contributed by atoms with Crippen LogP contribution in [0, 0.1) is 0 Å². The van der Waals surface area contributed by atoms with Crippen LogP contribution < -0.4 is 14.8 Å². The smallest absolute Gasteiger partial charge is 0.252 e. The van der Waals surface area contributed by atoms with E-state index in [1.165, 1.54) is 5.56 Å². The Morgan fingerprint density at radius 2 is 1.93 bits per heavy atom. The monoisotopic (exact) mass is 394 g/mol. The highest BCUT2D eigenvalue weighted by atomic mass is 16.5. The lowest BCUT2D eigenvalue weighted by Gasteiger charge is -2.17. The number of methoxy groups -OCH3 is 3. The molecule has 4 rings (SSSR count). The van der Waals surface area contributed by atoms with E-state index in [-0.39, 0.29) is 11.9 Å². The second-order valence-corrected chi connectivity index (χ2v) is 7.21. The van der Waals surface area contributed by atoms with Gasteiger partial charge in [0.25, 0.3) is 5.91 Å². The number of rotatable bonds is 7.